The van der Waals surface area contributed by atoms with Gasteiger partial charge in [-0.1, -0.05) is 17.7 Å². The second-order valence-corrected chi connectivity index (χ2v) is 4.51. The molecule has 1 aromatic carbocycles. The van der Waals surface area contributed by atoms with Gasteiger partial charge in [0.05, 0.1) is 5.02 Å². The number of aryl methyl sites for hydroxylation is 1. The van der Waals surface area contributed by atoms with Gasteiger partial charge in [-0.3, -0.25) is 4.79 Å². The first-order valence-corrected chi connectivity index (χ1v) is 5.67. The van der Waals surface area contributed by atoms with Crippen molar-refractivity contribution in [3.8, 4) is 0 Å². The van der Waals surface area contributed by atoms with Crippen LogP contribution in [0.15, 0.2) is 34.6 Å². The molecular formula is C10H8ClN3OS. The summed E-state index contributed by atoms with van der Waals surface area (Å²) in [5, 5.41) is 8.86. The summed E-state index contributed by atoms with van der Waals surface area (Å²) in [5.41, 5.74) is 0.483. The summed E-state index contributed by atoms with van der Waals surface area (Å²) in [6.07, 6.45) is 2.36. The molecule has 0 fully saturated rings. The van der Waals surface area contributed by atoms with Crippen molar-refractivity contribution < 1.29 is 4.79 Å². The summed E-state index contributed by atoms with van der Waals surface area (Å²) in [5.74, 6) is 0. The van der Waals surface area contributed by atoms with Gasteiger partial charge in [-0.15, -0.1) is 10.2 Å². The number of aldehydes is 1. The SMILES string of the molecule is Cn1cnnc1Sc1cccc(Cl)c1C=O. The number of aromatic nitrogens is 3. The predicted molar refractivity (Wildman–Crippen MR) is 62.0 cm³/mol. The van der Waals surface area contributed by atoms with Crippen molar-refractivity contribution >= 4 is 29.6 Å². The third kappa shape index (κ3) is 2.10. The Hall–Kier alpha value is -1.33. The van der Waals surface area contributed by atoms with Crippen LogP contribution in [-0.2, 0) is 7.05 Å². The zero-order valence-corrected chi connectivity index (χ0v) is 10.00. The Morgan fingerprint density at radius 1 is 1.50 bits per heavy atom. The molecule has 2 aromatic rings. The average Bonchev–Trinajstić information content (AvgIpc) is 2.65. The lowest BCUT2D eigenvalue weighted by Crippen LogP contribution is -1.91. The molecule has 0 spiro atoms. The highest BCUT2D eigenvalue weighted by atomic mass is 35.5. The van der Waals surface area contributed by atoms with E-state index in [2.05, 4.69) is 10.2 Å². The van der Waals surface area contributed by atoms with Crippen LogP contribution in [0.25, 0.3) is 0 Å². The van der Waals surface area contributed by atoms with Gasteiger partial charge >= 0.3 is 0 Å². The Kier molecular flexibility index (Phi) is 3.26. The molecule has 1 heterocycles. The molecule has 0 amide bonds. The van der Waals surface area contributed by atoms with Gasteiger partial charge in [0.25, 0.3) is 0 Å². The summed E-state index contributed by atoms with van der Waals surface area (Å²) < 4.78 is 1.78. The number of halogens is 1. The van der Waals surface area contributed by atoms with Crippen molar-refractivity contribution in [3.05, 3.63) is 35.1 Å². The summed E-state index contributed by atoms with van der Waals surface area (Å²) in [6, 6.07) is 5.31. The number of hydrogen-bond acceptors (Lipinski definition) is 4. The molecule has 0 bridgehead atoms. The predicted octanol–water partition coefficient (Wildman–Crippen LogP) is 2.43. The molecule has 0 unspecified atom stereocenters. The molecule has 1 aromatic heterocycles. The van der Waals surface area contributed by atoms with E-state index in [1.165, 1.54) is 11.8 Å². The van der Waals surface area contributed by atoms with E-state index in [-0.39, 0.29) is 0 Å². The average molecular weight is 254 g/mol. The van der Waals surface area contributed by atoms with E-state index >= 15 is 0 Å². The van der Waals surface area contributed by atoms with E-state index in [0.717, 1.165) is 11.2 Å². The van der Waals surface area contributed by atoms with Crippen molar-refractivity contribution in [1.82, 2.24) is 14.8 Å². The lowest BCUT2D eigenvalue weighted by Gasteiger charge is -2.04. The fraction of sp³-hybridized carbons (Fsp3) is 0.100. The molecule has 0 N–H and O–H groups in total. The van der Waals surface area contributed by atoms with Gasteiger partial charge < -0.3 is 4.57 Å². The largest absolute Gasteiger partial charge is 0.311 e. The Morgan fingerprint density at radius 2 is 2.31 bits per heavy atom. The monoisotopic (exact) mass is 253 g/mol. The topological polar surface area (TPSA) is 47.8 Å². The number of benzene rings is 1. The van der Waals surface area contributed by atoms with Crippen LogP contribution in [0, 0.1) is 0 Å². The van der Waals surface area contributed by atoms with E-state index in [4.69, 9.17) is 11.6 Å². The van der Waals surface area contributed by atoms with Crippen molar-refractivity contribution in [2.45, 2.75) is 10.1 Å². The van der Waals surface area contributed by atoms with Crippen LogP contribution in [0.2, 0.25) is 5.02 Å². The van der Waals surface area contributed by atoms with Gasteiger partial charge in [-0.2, -0.15) is 0 Å². The van der Waals surface area contributed by atoms with Gasteiger partial charge in [0.1, 0.15) is 6.33 Å². The van der Waals surface area contributed by atoms with Crippen molar-refractivity contribution in [3.63, 3.8) is 0 Å². The van der Waals surface area contributed by atoms with Gasteiger partial charge in [0.15, 0.2) is 11.4 Å². The highest BCUT2D eigenvalue weighted by Crippen LogP contribution is 2.31. The smallest absolute Gasteiger partial charge is 0.195 e. The molecule has 16 heavy (non-hydrogen) atoms. The lowest BCUT2D eigenvalue weighted by molar-refractivity contribution is 0.112. The normalized spacial score (nSPS) is 10.4. The minimum absolute atomic E-state index is 0.446. The van der Waals surface area contributed by atoms with Crippen LogP contribution >= 0.6 is 23.4 Å². The minimum atomic E-state index is 0.446. The van der Waals surface area contributed by atoms with Gasteiger partial charge in [0, 0.05) is 17.5 Å². The first kappa shape index (κ1) is 11.2. The zero-order chi connectivity index (χ0) is 11.5. The molecule has 0 saturated heterocycles. The Morgan fingerprint density at radius 3 is 2.94 bits per heavy atom. The number of rotatable bonds is 3. The second-order valence-electron chi connectivity index (χ2n) is 3.10. The molecule has 0 radical (unpaired) electrons. The fourth-order valence-corrected chi connectivity index (χ4v) is 2.35. The Labute approximate surface area is 102 Å². The molecule has 0 saturated carbocycles. The quantitative estimate of drug-likeness (QED) is 0.789. The molecular weight excluding hydrogens is 246 g/mol. The standard InChI is InChI=1S/C10H8ClN3OS/c1-14-6-12-13-10(14)16-9-4-2-3-8(11)7(9)5-15/h2-6H,1H3. The summed E-state index contributed by atoms with van der Waals surface area (Å²) in [7, 11) is 1.84. The molecule has 4 nitrogen and oxygen atoms in total. The Bertz CT molecular complexity index is 527. The highest BCUT2D eigenvalue weighted by molar-refractivity contribution is 7.99. The fourth-order valence-electron chi connectivity index (χ4n) is 1.18. The maximum Gasteiger partial charge on any atom is 0.195 e. The van der Waals surface area contributed by atoms with Crippen LogP contribution in [0.3, 0.4) is 0 Å². The van der Waals surface area contributed by atoms with Gasteiger partial charge in [-0.25, -0.2) is 0 Å². The highest BCUT2D eigenvalue weighted by Gasteiger charge is 2.10. The second kappa shape index (κ2) is 4.67. The minimum Gasteiger partial charge on any atom is -0.311 e. The Balaban J connectivity index is 2.38. The number of hydrogen-bond donors (Lipinski definition) is 0. The molecule has 0 aliphatic carbocycles. The van der Waals surface area contributed by atoms with Crippen LogP contribution in [-0.4, -0.2) is 21.1 Å². The van der Waals surface area contributed by atoms with Crippen molar-refractivity contribution in [2.24, 2.45) is 7.05 Å². The summed E-state index contributed by atoms with van der Waals surface area (Å²) in [6.45, 7) is 0. The van der Waals surface area contributed by atoms with E-state index in [9.17, 15) is 4.79 Å². The summed E-state index contributed by atoms with van der Waals surface area (Å²) >= 11 is 7.28. The number of carbonyl (C=O) groups excluding carboxylic acids is 1. The first-order chi connectivity index (χ1) is 7.72. The molecule has 0 aliphatic heterocycles. The van der Waals surface area contributed by atoms with Crippen molar-refractivity contribution in [2.75, 3.05) is 0 Å². The van der Waals surface area contributed by atoms with Crippen LogP contribution in [0.5, 0.6) is 0 Å². The molecule has 82 valence electrons. The third-order valence-corrected chi connectivity index (χ3v) is 3.46. The van der Waals surface area contributed by atoms with Gasteiger partial charge in [-0.05, 0) is 23.9 Å². The van der Waals surface area contributed by atoms with E-state index < -0.39 is 0 Å². The van der Waals surface area contributed by atoms with E-state index in [1.54, 1.807) is 23.0 Å². The van der Waals surface area contributed by atoms with Gasteiger partial charge in [0.2, 0.25) is 0 Å². The molecule has 0 atom stereocenters. The van der Waals surface area contributed by atoms with E-state index in [1.807, 2.05) is 13.1 Å². The van der Waals surface area contributed by atoms with E-state index in [0.29, 0.717) is 15.7 Å². The summed E-state index contributed by atoms with van der Waals surface area (Å²) in [4.78, 5) is 11.7. The van der Waals surface area contributed by atoms with Crippen LogP contribution < -0.4 is 0 Å². The van der Waals surface area contributed by atoms with Crippen LogP contribution in [0.1, 0.15) is 10.4 Å². The first-order valence-electron chi connectivity index (χ1n) is 4.48. The molecule has 2 rings (SSSR count). The third-order valence-electron chi connectivity index (χ3n) is 2.00. The maximum absolute atomic E-state index is 10.9. The van der Waals surface area contributed by atoms with Crippen LogP contribution in [0.4, 0.5) is 0 Å². The lowest BCUT2D eigenvalue weighted by atomic mass is 10.2. The number of carbonyl (C=O) groups is 1. The molecule has 0 aliphatic rings. The number of nitrogens with zero attached hydrogens (tertiary/aromatic N) is 3. The van der Waals surface area contributed by atoms with Crippen molar-refractivity contribution in [1.29, 1.82) is 0 Å². The maximum atomic E-state index is 10.9. The zero-order valence-electron chi connectivity index (χ0n) is 8.42. The molecule has 6 heteroatoms.